The average molecular weight is 262 g/mol. The molecule has 0 aliphatic carbocycles. The Bertz CT molecular complexity index is 401. The number of hydrogen-bond acceptors (Lipinski definition) is 4. The van der Waals surface area contributed by atoms with Crippen LogP contribution in [0, 0.1) is 11.3 Å². The number of nitrogens with zero attached hydrogens (tertiary/aromatic N) is 2. The lowest BCUT2D eigenvalue weighted by molar-refractivity contribution is 0.120. The van der Waals surface area contributed by atoms with Gasteiger partial charge in [-0.2, -0.15) is 5.26 Å². The van der Waals surface area contributed by atoms with E-state index < -0.39 is 0 Å². The van der Waals surface area contributed by atoms with E-state index >= 15 is 0 Å². The molecule has 4 heteroatoms. The third kappa shape index (κ3) is 6.23. The Labute approximate surface area is 115 Å². The van der Waals surface area contributed by atoms with Crippen LogP contribution in [0.3, 0.4) is 0 Å². The van der Waals surface area contributed by atoms with Crippen molar-refractivity contribution in [1.29, 1.82) is 5.26 Å². The fraction of sp³-hybridized carbons (Fsp3) is 0.533. The molecule has 0 N–H and O–H groups in total. The van der Waals surface area contributed by atoms with Crippen LogP contribution in [0.25, 0.3) is 0 Å². The number of benzene rings is 1. The van der Waals surface area contributed by atoms with Gasteiger partial charge in [0, 0.05) is 19.7 Å². The van der Waals surface area contributed by atoms with Crippen LogP contribution < -0.4 is 4.74 Å². The van der Waals surface area contributed by atoms with Crippen molar-refractivity contribution in [3.8, 4) is 11.8 Å². The molecule has 0 aliphatic rings. The zero-order chi connectivity index (χ0) is 13.9. The molecular formula is C15H22N2O2. The van der Waals surface area contributed by atoms with Crippen LogP contribution >= 0.6 is 0 Å². The topological polar surface area (TPSA) is 45.5 Å². The second kappa shape index (κ2) is 9.37. The van der Waals surface area contributed by atoms with Crippen LogP contribution in [0.5, 0.6) is 5.75 Å². The van der Waals surface area contributed by atoms with E-state index in [-0.39, 0.29) is 0 Å². The first-order valence-electron chi connectivity index (χ1n) is 6.66. The number of nitriles is 1. The third-order valence-electron chi connectivity index (χ3n) is 2.77. The summed E-state index contributed by atoms with van der Waals surface area (Å²) in [4.78, 5) is 2.22. The lowest BCUT2D eigenvalue weighted by atomic mass is 10.2. The number of para-hydroxylation sites is 1. The van der Waals surface area contributed by atoms with Crippen LogP contribution in [-0.4, -0.2) is 44.9 Å². The van der Waals surface area contributed by atoms with Crippen LogP contribution in [0.2, 0.25) is 0 Å². The minimum Gasteiger partial charge on any atom is -0.492 e. The zero-order valence-corrected chi connectivity index (χ0v) is 11.8. The van der Waals surface area contributed by atoms with E-state index in [4.69, 9.17) is 14.7 Å². The maximum absolute atomic E-state index is 8.93. The normalized spacial score (nSPS) is 10.4. The molecule has 0 saturated heterocycles. The van der Waals surface area contributed by atoms with Crippen LogP contribution in [0.1, 0.15) is 18.9 Å². The molecular weight excluding hydrogens is 240 g/mol. The lowest BCUT2D eigenvalue weighted by Crippen LogP contribution is -2.25. The van der Waals surface area contributed by atoms with E-state index in [2.05, 4.69) is 18.0 Å². The Hall–Kier alpha value is -1.57. The van der Waals surface area contributed by atoms with Gasteiger partial charge in [-0.05, 0) is 32.5 Å². The largest absolute Gasteiger partial charge is 0.492 e. The molecule has 0 atom stereocenters. The van der Waals surface area contributed by atoms with E-state index in [1.165, 1.54) is 0 Å². The van der Waals surface area contributed by atoms with Gasteiger partial charge in [-0.3, -0.25) is 0 Å². The highest BCUT2D eigenvalue weighted by Crippen LogP contribution is 2.16. The molecule has 0 spiro atoms. The monoisotopic (exact) mass is 262 g/mol. The van der Waals surface area contributed by atoms with Crippen molar-refractivity contribution in [2.24, 2.45) is 0 Å². The molecule has 19 heavy (non-hydrogen) atoms. The molecule has 0 bridgehead atoms. The summed E-state index contributed by atoms with van der Waals surface area (Å²) >= 11 is 0. The fourth-order valence-electron chi connectivity index (χ4n) is 1.68. The smallest absolute Gasteiger partial charge is 0.137 e. The van der Waals surface area contributed by atoms with Crippen molar-refractivity contribution in [2.45, 2.75) is 13.3 Å². The molecule has 1 aromatic rings. The molecule has 4 nitrogen and oxygen atoms in total. The molecule has 0 fully saturated rings. The first-order valence-corrected chi connectivity index (χ1v) is 6.66. The van der Waals surface area contributed by atoms with E-state index in [1.54, 1.807) is 6.07 Å². The number of ether oxygens (including phenoxy) is 2. The predicted octanol–water partition coefficient (Wildman–Crippen LogP) is 2.30. The molecule has 0 heterocycles. The second-order valence-electron chi connectivity index (χ2n) is 4.31. The summed E-state index contributed by atoms with van der Waals surface area (Å²) < 4.78 is 10.9. The molecule has 104 valence electrons. The van der Waals surface area contributed by atoms with Crippen molar-refractivity contribution in [2.75, 3.05) is 40.0 Å². The Morgan fingerprint density at radius 3 is 2.74 bits per heavy atom. The van der Waals surface area contributed by atoms with E-state index in [0.29, 0.717) is 17.9 Å². The van der Waals surface area contributed by atoms with Gasteiger partial charge in [0.15, 0.2) is 0 Å². The molecule has 0 saturated carbocycles. The molecule has 0 radical (unpaired) electrons. The van der Waals surface area contributed by atoms with Gasteiger partial charge in [-0.15, -0.1) is 0 Å². The summed E-state index contributed by atoms with van der Waals surface area (Å²) in [5.74, 6) is 0.668. The van der Waals surface area contributed by atoms with Gasteiger partial charge in [-0.25, -0.2) is 0 Å². The fourth-order valence-corrected chi connectivity index (χ4v) is 1.68. The van der Waals surface area contributed by atoms with Crippen molar-refractivity contribution in [3.63, 3.8) is 0 Å². The van der Waals surface area contributed by atoms with Gasteiger partial charge in [0.05, 0.1) is 18.8 Å². The van der Waals surface area contributed by atoms with Crippen LogP contribution in [0.15, 0.2) is 24.3 Å². The SMILES string of the molecule is CCOCCN(C)CCCOc1ccccc1C#N. The Balaban J connectivity index is 2.18. The van der Waals surface area contributed by atoms with E-state index in [9.17, 15) is 0 Å². The highest BCUT2D eigenvalue weighted by atomic mass is 16.5. The summed E-state index contributed by atoms with van der Waals surface area (Å²) in [6.07, 6.45) is 0.933. The van der Waals surface area contributed by atoms with Crippen molar-refractivity contribution < 1.29 is 9.47 Å². The summed E-state index contributed by atoms with van der Waals surface area (Å²) in [6, 6.07) is 9.45. The number of likely N-dealkylation sites (N-methyl/N-ethyl adjacent to an activating group) is 1. The van der Waals surface area contributed by atoms with Gasteiger partial charge < -0.3 is 14.4 Å². The quantitative estimate of drug-likeness (QED) is 0.641. The molecule has 0 unspecified atom stereocenters. The van der Waals surface area contributed by atoms with E-state index in [1.807, 2.05) is 25.1 Å². The first-order chi connectivity index (χ1) is 9.27. The Morgan fingerprint density at radius 2 is 2.00 bits per heavy atom. The van der Waals surface area contributed by atoms with Gasteiger partial charge in [-0.1, -0.05) is 12.1 Å². The van der Waals surface area contributed by atoms with Gasteiger partial charge in [0.1, 0.15) is 11.8 Å². The maximum Gasteiger partial charge on any atom is 0.137 e. The molecule has 0 amide bonds. The maximum atomic E-state index is 8.93. The summed E-state index contributed by atoms with van der Waals surface area (Å²) in [5, 5.41) is 8.93. The van der Waals surface area contributed by atoms with Crippen LogP contribution in [-0.2, 0) is 4.74 Å². The molecule has 0 aliphatic heterocycles. The summed E-state index contributed by atoms with van der Waals surface area (Å²) in [7, 11) is 2.07. The number of hydrogen-bond donors (Lipinski definition) is 0. The summed E-state index contributed by atoms with van der Waals surface area (Å²) in [6.45, 7) is 6.05. The third-order valence-corrected chi connectivity index (χ3v) is 2.77. The Morgan fingerprint density at radius 1 is 1.21 bits per heavy atom. The van der Waals surface area contributed by atoms with E-state index in [0.717, 1.165) is 32.7 Å². The standard InChI is InChI=1S/C15H22N2O2/c1-3-18-12-10-17(2)9-6-11-19-15-8-5-4-7-14(15)13-16/h4-5,7-8H,3,6,9-12H2,1-2H3. The van der Waals surface area contributed by atoms with Crippen molar-refractivity contribution >= 4 is 0 Å². The minimum absolute atomic E-state index is 0.590. The Kier molecular flexibility index (Phi) is 7.64. The highest BCUT2D eigenvalue weighted by Gasteiger charge is 2.02. The highest BCUT2D eigenvalue weighted by molar-refractivity contribution is 5.42. The second-order valence-corrected chi connectivity index (χ2v) is 4.31. The zero-order valence-electron chi connectivity index (χ0n) is 11.8. The number of rotatable bonds is 9. The molecule has 0 aromatic heterocycles. The predicted molar refractivity (Wildman–Crippen MR) is 75.3 cm³/mol. The lowest BCUT2D eigenvalue weighted by Gasteiger charge is -2.16. The first kappa shape index (κ1) is 15.5. The van der Waals surface area contributed by atoms with Crippen LogP contribution in [0.4, 0.5) is 0 Å². The van der Waals surface area contributed by atoms with Gasteiger partial charge in [0.2, 0.25) is 0 Å². The molecule has 1 aromatic carbocycles. The summed E-state index contributed by atoms with van der Waals surface area (Å²) in [5.41, 5.74) is 0.590. The average Bonchev–Trinajstić information content (AvgIpc) is 2.44. The molecule has 1 rings (SSSR count). The van der Waals surface area contributed by atoms with Crippen molar-refractivity contribution in [3.05, 3.63) is 29.8 Å². The van der Waals surface area contributed by atoms with Gasteiger partial charge >= 0.3 is 0 Å². The van der Waals surface area contributed by atoms with Crippen molar-refractivity contribution in [1.82, 2.24) is 4.90 Å². The minimum atomic E-state index is 0.590. The van der Waals surface area contributed by atoms with Gasteiger partial charge in [0.25, 0.3) is 0 Å².